The number of rotatable bonds is 7. The van der Waals surface area contributed by atoms with Crippen LogP contribution in [0.4, 0.5) is 5.00 Å². The average molecular weight is 450 g/mol. The number of carbonyl (C=O) groups is 2. The van der Waals surface area contributed by atoms with Gasteiger partial charge in [0.2, 0.25) is 5.91 Å². The van der Waals surface area contributed by atoms with Crippen molar-refractivity contribution in [2.24, 2.45) is 5.92 Å². The number of H-pyrrole nitrogens is 1. The number of esters is 1. The third kappa shape index (κ3) is 5.31. The van der Waals surface area contributed by atoms with Crippen molar-refractivity contribution in [1.29, 1.82) is 0 Å². The second-order valence-electron chi connectivity index (χ2n) is 7.74. The number of thiophene rings is 1. The van der Waals surface area contributed by atoms with Crippen molar-refractivity contribution in [3.05, 3.63) is 38.1 Å². The Labute approximate surface area is 184 Å². The molecule has 30 heavy (non-hydrogen) atoms. The zero-order valence-electron chi connectivity index (χ0n) is 17.7. The molecule has 7 nitrogen and oxygen atoms in total. The van der Waals surface area contributed by atoms with Gasteiger partial charge in [-0.25, -0.2) is 9.78 Å². The summed E-state index contributed by atoms with van der Waals surface area (Å²) in [6, 6.07) is 1.47. The monoisotopic (exact) mass is 449 g/mol. The van der Waals surface area contributed by atoms with E-state index in [1.807, 2.05) is 13.8 Å². The Hall–Kier alpha value is -2.13. The Kier molecular flexibility index (Phi) is 7.36. The Morgan fingerprint density at radius 3 is 2.90 bits per heavy atom. The van der Waals surface area contributed by atoms with Gasteiger partial charge in [-0.1, -0.05) is 32.5 Å². The molecule has 0 spiro atoms. The highest BCUT2D eigenvalue weighted by atomic mass is 32.2. The molecular weight excluding hydrogens is 422 g/mol. The second kappa shape index (κ2) is 9.78. The van der Waals surface area contributed by atoms with Gasteiger partial charge in [0.15, 0.2) is 5.16 Å². The molecule has 2 aromatic heterocycles. The van der Waals surface area contributed by atoms with Crippen molar-refractivity contribution in [2.75, 3.05) is 17.7 Å². The van der Waals surface area contributed by atoms with E-state index in [0.29, 0.717) is 27.3 Å². The number of hydrogen-bond acceptors (Lipinski definition) is 7. The van der Waals surface area contributed by atoms with Crippen LogP contribution in [0.1, 0.15) is 66.5 Å². The fourth-order valence-corrected chi connectivity index (χ4v) is 5.47. The Morgan fingerprint density at radius 1 is 1.43 bits per heavy atom. The molecule has 1 unspecified atom stereocenters. The van der Waals surface area contributed by atoms with Crippen LogP contribution in [0.5, 0.6) is 0 Å². The Bertz CT molecular complexity index is 997. The van der Waals surface area contributed by atoms with Crippen molar-refractivity contribution in [3.8, 4) is 0 Å². The largest absolute Gasteiger partial charge is 0.462 e. The molecule has 2 aromatic rings. The summed E-state index contributed by atoms with van der Waals surface area (Å²) in [6.45, 7) is 8.17. The number of aromatic amines is 1. The van der Waals surface area contributed by atoms with E-state index in [1.165, 1.54) is 17.4 Å². The van der Waals surface area contributed by atoms with Gasteiger partial charge >= 0.3 is 5.97 Å². The molecule has 0 aromatic carbocycles. The topological polar surface area (TPSA) is 101 Å². The minimum absolute atomic E-state index is 0.0751. The predicted octanol–water partition coefficient (Wildman–Crippen LogP) is 3.99. The van der Waals surface area contributed by atoms with Gasteiger partial charge in [-0.15, -0.1) is 11.3 Å². The van der Waals surface area contributed by atoms with Crippen LogP contribution >= 0.6 is 23.1 Å². The van der Waals surface area contributed by atoms with Crippen LogP contribution < -0.4 is 10.9 Å². The van der Waals surface area contributed by atoms with E-state index in [2.05, 4.69) is 22.2 Å². The number of nitrogens with one attached hydrogen (secondary N) is 2. The first-order valence-electron chi connectivity index (χ1n) is 10.1. The quantitative estimate of drug-likeness (QED) is 0.377. The second-order valence-corrected chi connectivity index (χ2v) is 9.81. The summed E-state index contributed by atoms with van der Waals surface area (Å²) in [5, 5.41) is 3.84. The molecule has 0 saturated carbocycles. The third-order valence-corrected chi connectivity index (χ3v) is 6.96. The Balaban J connectivity index is 1.75. The maximum atomic E-state index is 12.6. The van der Waals surface area contributed by atoms with Gasteiger partial charge in [-0.2, -0.15) is 0 Å². The highest BCUT2D eigenvalue weighted by molar-refractivity contribution is 7.99. The number of thioether (sulfide) groups is 1. The lowest BCUT2D eigenvalue weighted by Crippen LogP contribution is -2.18. The standard InChI is InChI=1S/C21H27N3O4S2/c1-5-28-20(27)18-13-7-6-12(4)8-15(13)30-19(18)23-17(26)10-29-21-22-14(11(2)3)9-16(25)24-21/h9,11-12H,5-8,10H2,1-4H3,(H,23,26)(H,22,24,25). The van der Waals surface area contributed by atoms with Gasteiger partial charge in [0.05, 0.1) is 23.6 Å². The molecule has 1 atom stereocenters. The minimum Gasteiger partial charge on any atom is -0.462 e. The maximum absolute atomic E-state index is 12.6. The van der Waals surface area contributed by atoms with E-state index < -0.39 is 0 Å². The number of hydrogen-bond donors (Lipinski definition) is 2. The van der Waals surface area contributed by atoms with Crippen LogP contribution in [0.15, 0.2) is 16.0 Å². The summed E-state index contributed by atoms with van der Waals surface area (Å²) < 4.78 is 5.24. The predicted molar refractivity (Wildman–Crippen MR) is 120 cm³/mol. The van der Waals surface area contributed by atoms with Gasteiger partial charge in [-0.05, 0) is 43.6 Å². The first kappa shape index (κ1) is 22.6. The van der Waals surface area contributed by atoms with Crippen LogP contribution in [0.3, 0.4) is 0 Å². The highest BCUT2D eigenvalue weighted by Crippen LogP contribution is 2.40. The number of carbonyl (C=O) groups excluding carboxylic acids is 2. The minimum atomic E-state index is -0.386. The number of amides is 1. The van der Waals surface area contributed by atoms with Crippen molar-refractivity contribution < 1.29 is 14.3 Å². The zero-order chi connectivity index (χ0) is 21.8. The third-order valence-electron chi connectivity index (χ3n) is 4.92. The summed E-state index contributed by atoms with van der Waals surface area (Å²) in [5.74, 6) is 0.109. The van der Waals surface area contributed by atoms with Crippen LogP contribution in [0.2, 0.25) is 0 Å². The SMILES string of the molecule is CCOC(=O)c1c(NC(=O)CSc2nc(C(C)C)cc(=O)[nH]2)sc2c1CCC(C)C2. The molecule has 2 N–H and O–H groups in total. The van der Waals surface area contributed by atoms with E-state index >= 15 is 0 Å². The Morgan fingerprint density at radius 2 is 2.20 bits per heavy atom. The van der Waals surface area contributed by atoms with Crippen LogP contribution in [-0.2, 0) is 22.4 Å². The molecule has 0 radical (unpaired) electrons. The average Bonchev–Trinajstić information content (AvgIpc) is 3.02. The van der Waals surface area contributed by atoms with Gasteiger partial charge in [0, 0.05) is 10.9 Å². The smallest absolute Gasteiger partial charge is 0.341 e. The first-order chi connectivity index (χ1) is 14.3. The summed E-state index contributed by atoms with van der Waals surface area (Å²) in [7, 11) is 0. The summed E-state index contributed by atoms with van der Waals surface area (Å²) in [6.07, 6.45) is 2.74. The van der Waals surface area contributed by atoms with E-state index in [0.717, 1.165) is 41.5 Å². The molecule has 9 heteroatoms. The number of fused-ring (bicyclic) bond motifs is 1. The zero-order valence-corrected chi connectivity index (χ0v) is 19.3. The van der Waals surface area contributed by atoms with E-state index in [-0.39, 0.29) is 35.7 Å². The van der Waals surface area contributed by atoms with E-state index in [1.54, 1.807) is 6.92 Å². The molecule has 1 amide bonds. The normalized spacial score (nSPS) is 15.7. The molecule has 1 aliphatic rings. The lowest BCUT2D eigenvalue weighted by atomic mass is 9.88. The summed E-state index contributed by atoms with van der Waals surface area (Å²) in [4.78, 5) is 45.2. The van der Waals surface area contributed by atoms with Crippen molar-refractivity contribution >= 4 is 40.0 Å². The van der Waals surface area contributed by atoms with Gasteiger partial charge in [0.25, 0.3) is 5.56 Å². The van der Waals surface area contributed by atoms with Crippen LogP contribution in [0, 0.1) is 5.92 Å². The lowest BCUT2D eigenvalue weighted by molar-refractivity contribution is -0.113. The van der Waals surface area contributed by atoms with E-state index in [9.17, 15) is 14.4 Å². The van der Waals surface area contributed by atoms with Crippen LogP contribution in [-0.4, -0.2) is 34.2 Å². The fraction of sp³-hybridized carbons (Fsp3) is 0.524. The molecule has 2 heterocycles. The fourth-order valence-electron chi connectivity index (χ4n) is 3.37. The van der Waals surface area contributed by atoms with E-state index in [4.69, 9.17) is 4.74 Å². The summed E-state index contributed by atoms with van der Waals surface area (Å²) >= 11 is 2.63. The molecule has 162 valence electrons. The molecule has 3 rings (SSSR count). The molecule has 0 aliphatic heterocycles. The molecule has 0 bridgehead atoms. The highest BCUT2D eigenvalue weighted by Gasteiger charge is 2.29. The number of nitrogens with zero attached hydrogens (tertiary/aromatic N) is 1. The van der Waals surface area contributed by atoms with Crippen molar-refractivity contribution in [3.63, 3.8) is 0 Å². The van der Waals surface area contributed by atoms with Crippen molar-refractivity contribution in [2.45, 2.75) is 58.0 Å². The molecule has 0 saturated heterocycles. The summed E-state index contributed by atoms with van der Waals surface area (Å²) in [5.41, 5.74) is 1.96. The van der Waals surface area contributed by atoms with Gasteiger partial charge in [0.1, 0.15) is 5.00 Å². The van der Waals surface area contributed by atoms with Gasteiger partial charge < -0.3 is 15.0 Å². The number of anilines is 1. The number of aromatic nitrogens is 2. The molecule has 1 aliphatic carbocycles. The van der Waals surface area contributed by atoms with Gasteiger partial charge in [-0.3, -0.25) is 9.59 Å². The lowest BCUT2D eigenvalue weighted by Gasteiger charge is -2.18. The first-order valence-corrected chi connectivity index (χ1v) is 11.9. The van der Waals surface area contributed by atoms with Crippen molar-refractivity contribution in [1.82, 2.24) is 9.97 Å². The molecule has 0 fully saturated rings. The molecular formula is C21H27N3O4S2. The maximum Gasteiger partial charge on any atom is 0.341 e. The number of ether oxygens (including phenoxy) is 1. The van der Waals surface area contributed by atoms with Crippen LogP contribution in [0.25, 0.3) is 0 Å².